The molecule has 1 heterocycles. The number of rotatable bonds is 5. The van der Waals surface area contributed by atoms with Crippen molar-refractivity contribution in [3.8, 4) is 0 Å². The van der Waals surface area contributed by atoms with Crippen LogP contribution in [0.15, 0.2) is 42.5 Å². The van der Waals surface area contributed by atoms with Crippen LogP contribution in [0.25, 0.3) is 0 Å². The fourth-order valence-electron chi connectivity index (χ4n) is 3.77. The van der Waals surface area contributed by atoms with Crippen LogP contribution >= 0.6 is 0 Å². The van der Waals surface area contributed by atoms with Gasteiger partial charge in [0.25, 0.3) is 5.91 Å². The lowest BCUT2D eigenvalue weighted by Crippen LogP contribution is -2.68. The van der Waals surface area contributed by atoms with E-state index < -0.39 is 33.2 Å². The molecule has 1 aliphatic rings. The monoisotopic (exact) mass is 447 g/mol. The largest absolute Gasteiger partial charge is 0.324 e. The molecule has 166 valence electrons. The van der Waals surface area contributed by atoms with Crippen LogP contribution in [0, 0.1) is 19.7 Å². The van der Waals surface area contributed by atoms with Gasteiger partial charge in [-0.05, 0) is 49.6 Å². The molecule has 0 bridgehead atoms. The minimum Gasteiger partial charge on any atom is -0.324 e. The van der Waals surface area contributed by atoms with Crippen LogP contribution in [0.2, 0.25) is 0 Å². The predicted molar refractivity (Wildman–Crippen MR) is 116 cm³/mol. The molecule has 0 radical (unpaired) electrons. The fraction of sp³-hybridized carbons (Fsp3) is 0.364. The number of nitrogens with one attached hydrogen (secondary N) is 1. The maximum absolute atomic E-state index is 13.7. The molecule has 2 aromatic rings. The molecule has 3 rings (SSSR count). The second-order valence-corrected chi connectivity index (χ2v) is 10.1. The van der Waals surface area contributed by atoms with Crippen molar-refractivity contribution in [2.45, 2.75) is 32.9 Å². The summed E-state index contributed by atoms with van der Waals surface area (Å²) in [4.78, 5) is 27.8. The molecule has 0 saturated carbocycles. The molecular formula is C22H26FN3O4S. The Morgan fingerprint density at radius 1 is 1.16 bits per heavy atom. The van der Waals surface area contributed by atoms with Crippen LogP contribution in [0.4, 0.5) is 10.1 Å². The Kier molecular flexibility index (Phi) is 6.20. The number of nitrogens with zero attached hydrogens (tertiary/aromatic N) is 2. The number of anilines is 1. The van der Waals surface area contributed by atoms with E-state index in [0.29, 0.717) is 11.3 Å². The van der Waals surface area contributed by atoms with Crippen LogP contribution in [0.3, 0.4) is 0 Å². The van der Waals surface area contributed by atoms with Gasteiger partial charge in [-0.25, -0.2) is 12.8 Å². The smallest absolute Gasteiger partial charge is 0.251 e. The van der Waals surface area contributed by atoms with E-state index in [9.17, 15) is 22.4 Å². The number of hydrogen-bond acceptors (Lipinski definition) is 4. The number of sulfonamides is 1. The maximum Gasteiger partial charge on any atom is 0.251 e. The lowest BCUT2D eigenvalue weighted by molar-refractivity contribution is -0.151. The van der Waals surface area contributed by atoms with Gasteiger partial charge in [-0.1, -0.05) is 30.3 Å². The number of para-hydroxylation sites is 1. The van der Waals surface area contributed by atoms with Crippen molar-refractivity contribution in [1.29, 1.82) is 0 Å². The lowest BCUT2D eigenvalue weighted by atomic mass is 9.94. The molecule has 0 aromatic heterocycles. The maximum atomic E-state index is 13.7. The van der Waals surface area contributed by atoms with E-state index in [4.69, 9.17) is 0 Å². The van der Waals surface area contributed by atoms with Gasteiger partial charge in [0.1, 0.15) is 11.4 Å². The van der Waals surface area contributed by atoms with Crippen LogP contribution < -0.4 is 5.32 Å². The molecule has 9 heteroatoms. The number of aryl methyl sites for hydroxylation is 2. The van der Waals surface area contributed by atoms with Gasteiger partial charge in [-0.2, -0.15) is 4.31 Å². The van der Waals surface area contributed by atoms with Crippen LogP contribution in [0.5, 0.6) is 0 Å². The molecule has 1 unspecified atom stereocenters. The molecule has 1 atom stereocenters. The van der Waals surface area contributed by atoms with Crippen molar-refractivity contribution in [2.24, 2.45) is 0 Å². The summed E-state index contributed by atoms with van der Waals surface area (Å²) in [5, 5.41) is 2.88. The van der Waals surface area contributed by atoms with Crippen molar-refractivity contribution in [2.75, 3.05) is 24.7 Å². The van der Waals surface area contributed by atoms with E-state index in [1.807, 2.05) is 32.0 Å². The fourth-order valence-corrected chi connectivity index (χ4v) is 4.60. The second kappa shape index (κ2) is 8.39. The van der Waals surface area contributed by atoms with Crippen LogP contribution in [-0.2, 0) is 26.2 Å². The zero-order valence-electron chi connectivity index (χ0n) is 18.0. The minimum absolute atomic E-state index is 0.0229. The zero-order valence-corrected chi connectivity index (χ0v) is 18.8. The molecule has 2 aromatic carbocycles. The highest BCUT2D eigenvalue weighted by Gasteiger charge is 2.49. The van der Waals surface area contributed by atoms with Gasteiger partial charge in [-0.15, -0.1) is 0 Å². The van der Waals surface area contributed by atoms with Crippen molar-refractivity contribution in [3.05, 3.63) is 65.0 Å². The van der Waals surface area contributed by atoms with E-state index in [1.54, 1.807) is 6.07 Å². The van der Waals surface area contributed by atoms with Gasteiger partial charge in [0.15, 0.2) is 0 Å². The minimum atomic E-state index is -3.71. The van der Waals surface area contributed by atoms with E-state index in [2.05, 4.69) is 5.32 Å². The number of amides is 2. The van der Waals surface area contributed by atoms with Crippen LogP contribution in [-0.4, -0.2) is 54.3 Å². The molecule has 2 amide bonds. The Bertz CT molecular complexity index is 1120. The van der Waals surface area contributed by atoms with E-state index in [-0.39, 0.29) is 19.6 Å². The number of carbonyl (C=O) groups excluding carboxylic acids is 2. The third kappa shape index (κ3) is 4.77. The zero-order chi connectivity index (χ0) is 23.0. The number of piperazine rings is 1. The standard InChI is InChI=1S/C22H26FN3O4S/c1-15-7-5-8-16(2)20(15)24-21(28)22(3)14-25(31(4,29)30)13-19(27)26(22)12-17-9-6-10-18(23)11-17/h5-11H,12-14H2,1-4H3,(H,24,28). The topological polar surface area (TPSA) is 86.8 Å². The van der Waals surface area contributed by atoms with Gasteiger partial charge < -0.3 is 10.2 Å². The molecule has 31 heavy (non-hydrogen) atoms. The van der Waals surface area contributed by atoms with Gasteiger partial charge in [0.05, 0.1) is 12.8 Å². The Morgan fingerprint density at radius 2 is 1.77 bits per heavy atom. The second-order valence-electron chi connectivity index (χ2n) is 8.14. The summed E-state index contributed by atoms with van der Waals surface area (Å²) in [5.41, 5.74) is 1.31. The summed E-state index contributed by atoms with van der Waals surface area (Å²) in [6.07, 6.45) is 1.01. The summed E-state index contributed by atoms with van der Waals surface area (Å²) >= 11 is 0. The molecule has 7 nitrogen and oxygen atoms in total. The first-order valence-corrected chi connectivity index (χ1v) is 11.6. The highest BCUT2D eigenvalue weighted by atomic mass is 32.2. The first-order valence-electron chi connectivity index (χ1n) is 9.79. The molecular weight excluding hydrogens is 421 g/mol. The third-order valence-electron chi connectivity index (χ3n) is 5.60. The molecule has 0 spiro atoms. The summed E-state index contributed by atoms with van der Waals surface area (Å²) in [5.74, 6) is -1.50. The summed E-state index contributed by atoms with van der Waals surface area (Å²) in [6, 6.07) is 11.3. The molecule has 1 fully saturated rings. The van der Waals surface area contributed by atoms with Crippen LogP contribution in [0.1, 0.15) is 23.6 Å². The lowest BCUT2D eigenvalue weighted by Gasteiger charge is -2.46. The number of benzene rings is 2. The van der Waals surface area contributed by atoms with Gasteiger partial charge in [-0.3, -0.25) is 9.59 Å². The Hall–Kier alpha value is -2.78. The predicted octanol–water partition coefficient (Wildman–Crippen LogP) is 2.44. The Morgan fingerprint density at radius 3 is 2.35 bits per heavy atom. The quantitative estimate of drug-likeness (QED) is 0.763. The molecule has 0 aliphatic carbocycles. The number of halogens is 1. The highest BCUT2D eigenvalue weighted by molar-refractivity contribution is 7.88. The van der Waals surface area contributed by atoms with Crippen molar-refractivity contribution in [3.63, 3.8) is 0 Å². The first kappa shape index (κ1) is 22.9. The first-order chi connectivity index (χ1) is 14.4. The average molecular weight is 448 g/mol. The normalized spacial score (nSPS) is 20.0. The Balaban J connectivity index is 2.01. The number of carbonyl (C=O) groups is 2. The van der Waals surface area contributed by atoms with E-state index in [1.165, 1.54) is 30.0 Å². The summed E-state index contributed by atoms with van der Waals surface area (Å²) < 4.78 is 39.1. The Labute approximate surface area is 181 Å². The molecule has 1 aliphatic heterocycles. The highest BCUT2D eigenvalue weighted by Crippen LogP contribution is 2.29. The van der Waals surface area contributed by atoms with Crippen molar-refractivity contribution in [1.82, 2.24) is 9.21 Å². The van der Waals surface area contributed by atoms with E-state index in [0.717, 1.165) is 21.7 Å². The van der Waals surface area contributed by atoms with Gasteiger partial charge in [0, 0.05) is 18.8 Å². The third-order valence-corrected chi connectivity index (χ3v) is 6.80. The molecule has 1 saturated heterocycles. The average Bonchev–Trinajstić information content (AvgIpc) is 2.66. The summed E-state index contributed by atoms with van der Waals surface area (Å²) in [6.45, 7) is 4.63. The van der Waals surface area contributed by atoms with Crippen molar-refractivity contribution >= 4 is 27.5 Å². The molecule has 1 N–H and O–H groups in total. The number of hydrogen-bond donors (Lipinski definition) is 1. The summed E-state index contributed by atoms with van der Waals surface area (Å²) in [7, 11) is -3.71. The van der Waals surface area contributed by atoms with Gasteiger partial charge >= 0.3 is 0 Å². The van der Waals surface area contributed by atoms with Crippen molar-refractivity contribution < 1.29 is 22.4 Å². The SMILES string of the molecule is Cc1cccc(C)c1NC(=O)C1(C)CN(S(C)(=O)=O)CC(=O)N1Cc1cccc(F)c1. The van der Waals surface area contributed by atoms with E-state index >= 15 is 0 Å². The van der Waals surface area contributed by atoms with Gasteiger partial charge in [0.2, 0.25) is 15.9 Å².